The standard InChI is InChI=1S/C18H27N3O3/c1-20(2)9-10-21-15-7-6-14(12-13(15)5-8-17(21)22)19-18(23)16-4-3-11-24-16/h5,8,14,16H,3-4,6-7,9-12H2,1-2H3,(H,19,23)/t14?,16-/m0/s1. The van der Waals surface area contributed by atoms with Crippen molar-refractivity contribution in [2.24, 2.45) is 0 Å². The first kappa shape index (κ1) is 17.2. The highest BCUT2D eigenvalue weighted by atomic mass is 16.5. The number of rotatable bonds is 5. The molecule has 1 amide bonds. The first-order chi connectivity index (χ1) is 11.5. The molecule has 1 N–H and O–H groups in total. The number of amides is 1. The number of likely N-dealkylation sites (N-methyl/N-ethyl adjacent to an activating group) is 1. The lowest BCUT2D eigenvalue weighted by Gasteiger charge is -2.28. The zero-order valence-electron chi connectivity index (χ0n) is 14.6. The molecule has 24 heavy (non-hydrogen) atoms. The van der Waals surface area contributed by atoms with Gasteiger partial charge in [0, 0.05) is 37.5 Å². The van der Waals surface area contributed by atoms with Gasteiger partial charge in [-0.15, -0.1) is 0 Å². The Bertz CT molecular complexity index is 647. The Morgan fingerprint density at radius 3 is 2.92 bits per heavy atom. The summed E-state index contributed by atoms with van der Waals surface area (Å²) in [6.45, 7) is 2.24. The van der Waals surface area contributed by atoms with Crippen LogP contribution in [0.5, 0.6) is 0 Å². The van der Waals surface area contributed by atoms with Crippen LogP contribution in [-0.4, -0.2) is 54.8 Å². The van der Waals surface area contributed by atoms with E-state index in [1.165, 1.54) is 5.56 Å². The smallest absolute Gasteiger partial charge is 0.250 e. The van der Waals surface area contributed by atoms with Crippen LogP contribution in [0.1, 0.15) is 30.5 Å². The van der Waals surface area contributed by atoms with Crippen molar-refractivity contribution in [1.82, 2.24) is 14.8 Å². The van der Waals surface area contributed by atoms with Crippen LogP contribution in [0, 0.1) is 0 Å². The fraction of sp³-hybridized carbons (Fsp3) is 0.667. The Labute approximate surface area is 142 Å². The van der Waals surface area contributed by atoms with E-state index >= 15 is 0 Å². The monoisotopic (exact) mass is 333 g/mol. The van der Waals surface area contributed by atoms with Crippen molar-refractivity contribution in [1.29, 1.82) is 0 Å². The van der Waals surface area contributed by atoms with Crippen LogP contribution >= 0.6 is 0 Å². The van der Waals surface area contributed by atoms with E-state index in [4.69, 9.17) is 4.74 Å². The lowest BCUT2D eigenvalue weighted by Crippen LogP contribution is -2.44. The van der Waals surface area contributed by atoms with Crippen molar-refractivity contribution in [3.05, 3.63) is 33.7 Å². The van der Waals surface area contributed by atoms with Crippen molar-refractivity contribution in [3.63, 3.8) is 0 Å². The summed E-state index contributed by atoms with van der Waals surface area (Å²) in [5.41, 5.74) is 2.38. The van der Waals surface area contributed by atoms with Gasteiger partial charge in [-0.1, -0.05) is 6.07 Å². The molecule has 2 heterocycles. The number of pyridine rings is 1. The van der Waals surface area contributed by atoms with Crippen LogP contribution < -0.4 is 10.9 Å². The normalized spacial score (nSPS) is 23.3. The SMILES string of the molecule is CN(C)CCn1c2c(ccc1=O)CC(NC(=O)[C@@H]1CCCO1)CC2. The summed E-state index contributed by atoms with van der Waals surface area (Å²) >= 11 is 0. The van der Waals surface area contributed by atoms with Gasteiger partial charge in [-0.25, -0.2) is 0 Å². The van der Waals surface area contributed by atoms with E-state index in [2.05, 4.69) is 10.2 Å². The van der Waals surface area contributed by atoms with E-state index in [9.17, 15) is 9.59 Å². The van der Waals surface area contributed by atoms with Crippen LogP contribution in [0.2, 0.25) is 0 Å². The molecule has 2 aliphatic rings. The molecular formula is C18H27N3O3. The second-order valence-corrected chi connectivity index (χ2v) is 7.05. The van der Waals surface area contributed by atoms with Crippen LogP contribution in [-0.2, 0) is 28.9 Å². The van der Waals surface area contributed by atoms with Gasteiger partial charge in [0.05, 0.1) is 0 Å². The summed E-state index contributed by atoms with van der Waals surface area (Å²) in [7, 11) is 4.02. The molecule has 0 radical (unpaired) electrons. The molecule has 0 saturated carbocycles. The molecule has 1 aromatic heterocycles. The quantitative estimate of drug-likeness (QED) is 0.855. The summed E-state index contributed by atoms with van der Waals surface area (Å²) in [5, 5.41) is 3.13. The van der Waals surface area contributed by atoms with Crippen molar-refractivity contribution in [3.8, 4) is 0 Å². The van der Waals surface area contributed by atoms with Crippen LogP contribution in [0.3, 0.4) is 0 Å². The molecule has 0 aromatic carbocycles. The van der Waals surface area contributed by atoms with Gasteiger partial charge in [-0.05, 0) is 51.8 Å². The van der Waals surface area contributed by atoms with Gasteiger partial charge in [0.15, 0.2) is 0 Å². The van der Waals surface area contributed by atoms with Gasteiger partial charge >= 0.3 is 0 Å². The fourth-order valence-corrected chi connectivity index (χ4v) is 3.57. The summed E-state index contributed by atoms with van der Waals surface area (Å²) in [6.07, 6.45) is 3.99. The molecular weight excluding hydrogens is 306 g/mol. The maximum absolute atomic E-state index is 12.2. The fourth-order valence-electron chi connectivity index (χ4n) is 3.57. The zero-order chi connectivity index (χ0) is 17.1. The van der Waals surface area contributed by atoms with Gasteiger partial charge in [0.2, 0.25) is 5.91 Å². The molecule has 1 unspecified atom stereocenters. The number of hydrogen-bond donors (Lipinski definition) is 1. The molecule has 3 rings (SSSR count). The Balaban J connectivity index is 1.68. The van der Waals surface area contributed by atoms with E-state index in [1.807, 2.05) is 24.7 Å². The van der Waals surface area contributed by atoms with Crippen LogP contribution in [0.25, 0.3) is 0 Å². The lowest BCUT2D eigenvalue weighted by atomic mass is 9.91. The predicted octanol–water partition coefficient (Wildman–Crippen LogP) is 0.562. The highest BCUT2D eigenvalue weighted by Crippen LogP contribution is 2.21. The average Bonchev–Trinajstić information content (AvgIpc) is 3.08. The maximum Gasteiger partial charge on any atom is 0.250 e. The van der Waals surface area contributed by atoms with Gasteiger partial charge < -0.3 is 19.5 Å². The second-order valence-electron chi connectivity index (χ2n) is 7.05. The minimum absolute atomic E-state index is 0.0156. The number of hydrogen-bond acceptors (Lipinski definition) is 4. The zero-order valence-corrected chi connectivity index (χ0v) is 14.6. The Kier molecular flexibility index (Phi) is 5.36. The summed E-state index contributed by atoms with van der Waals surface area (Å²) in [5.74, 6) is 0.0156. The second kappa shape index (κ2) is 7.49. The minimum atomic E-state index is -0.277. The maximum atomic E-state index is 12.2. The summed E-state index contributed by atoms with van der Waals surface area (Å²) in [4.78, 5) is 26.5. The molecule has 0 spiro atoms. The third-order valence-electron chi connectivity index (χ3n) is 4.92. The van der Waals surface area contributed by atoms with E-state index in [0.29, 0.717) is 13.2 Å². The Hall–Kier alpha value is -1.66. The molecule has 1 saturated heterocycles. The molecule has 132 valence electrons. The lowest BCUT2D eigenvalue weighted by molar-refractivity contribution is -0.130. The number of nitrogens with one attached hydrogen (secondary N) is 1. The van der Waals surface area contributed by atoms with Crippen molar-refractivity contribution in [2.75, 3.05) is 27.2 Å². The number of carbonyl (C=O) groups excluding carboxylic acids is 1. The third kappa shape index (κ3) is 3.87. The predicted molar refractivity (Wildman–Crippen MR) is 92.2 cm³/mol. The van der Waals surface area contributed by atoms with Crippen LogP contribution in [0.4, 0.5) is 0 Å². The van der Waals surface area contributed by atoms with Crippen LogP contribution in [0.15, 0.2) is 16.9 Å². The highest BCUT2D eigenvalue weighted by molar-refractivity contribution is 5.81. The molecule has 1 aliphatic carbocycles. The Morgan fingerprint density at radius 2 is 2.21 bits per heavy atom. The average molecular weight is 333 g/mol. The topological polar surface area (TPSA) is 63.6 Å². The molecule has 6 nitrogen and oxygen atoms in total. The van der Waals surface area contributed by atoms with Crippen molar-refractivity contribution in [2.45, 2.75) is 50.8 Å². The molecule has 1 aliphatic heterocycles. The summed E-state index contributed by atoms with van der Waals surface area (Å²) < 4.78 is 7.35. The third-order valence-corrected chi connectivity index (χ3v) is 4.92. The van der Waals surface area contributed by atoms with E-state index < -0.39 is 0 Å². The van der Waals surface area contributed by atoms with Gasteiger partial charge in [0.1, 0.15) is 6.10 Å². The highest BCUT2D eigenvalue weighted by Gasteiger charge is 2.28. The molecule has 0 bridgehead atoms. The molecule has 1 fully saturated rings. The van der Waals surface area contributed by atoms with E-state index in [1.54, 1.807) is 6.07 Å². The largest absolute Gasteiger partial charge is 0.368 e. The van der Waals surface area contributed by atoms with E-state index in [-0.39, 0.29) is 23.6 Å². The van der Waals surface area contributed by atoms with Crippen molar-refractivity contribution < 1.29 is 9.53 Å². The number of aromatic nitrogens is 1. The van der Waals surface area contributed by atoms with Crippen molar-refractivity contribution >= 4 is 5.91 Å². The number of fused-ring (bicyclic) bond motifs is 1. The molecule has 1 aromatic rings. The number of ether oxygens (including phenoxy) is 1. The first-order valence-electron chi connectivity index (χ1n) is 8.83. The van der Waals surface area contributed by atoms with Gasteiger partial charge in [-0.3, -0.25) is 9.59 Å². The molecule has 2 atom stereocenters. The minimum Gasteiger partial charge on any atom is -0.368 e. The summed E-state index contributed by atoms with van der Waals surface area (Å²) in [6, 6.07) is 3.71. The Morgan fingerprint density at radius 1 is 1.38 bits per heavy atom. The molecule has 6 heteroatoms. The van der Waals surface area contributed by atoms with Gasteiger partial charge in [-0.2, -0.15) is 0 Å². The number of carbonyl (C=O) groups is 1. The van der Waals surface area contributed by atoms with E-state index in [0.717, 1.165) is 44.3 Å². The van der Waals surface area contributed by atoms with Gasteiger partial charge in [0.25, 0.3) is 5.56 Å². The first-order valence-corrected chi connectivity index (χ1v) is 8.83. The number of nitrogens with zero attached hydrogens (tertiary/aromatic N) is 2.